The summed E-state index contributed by atoms with van der Waals surface area (Å²) < 4.78 is 1.79. The molecule has 1 aliphatic rings. The van der Waals surface area contributed by atoms with E-state index in [-0.39, 0.29) is 0 Å². The van der Waals surface area contributed by atoms with E-state index < -0.39 is 0 Å². The second-order valence-corrected chi connectivity index (χ2v) is 5.15. The minimum absolute atomic E-state index is 0.585. The van der Waals surface area contributed by atoms with Gasteiger partial charge in [0, 0.05) is 18.3 Å². The van der Waals surface area contributed by atoms with E-state index in [0.717, 1.165) is 17.4 Å². The maximum absolute atomic E-state index is 4.59. The average Bonchev–Trinajstić information content (AvgIpc) is 2.87. The summed E-state index contributed by atoms with van der Waals surface area (Å²) in [5.74, 6) is 1.77. The Bertz CT molecular complexity index is 519. The third-order valence-electron chi connectivity index (χ3n) is 4.02. The molecule has 0 amide bonds. The number of nitrogens with zero attached hydrogens (tertiary/aromatic N) is 3. The molecule has 1 N–H and O–H groups in total. The number of fused-ring (bicyclic) bond motifs is 1. The van der Waals surface area contributed by atoms with Gasteiger partial charge < -0.3 is 5.32 Å². The maximum atomic E-state index is 4.59. The van der Waals surface area contributed by atoms with Gasteiger partial charge in [0.15, 0.2) is 5.65 Å². The lowest BCUT2D eigenvalue weighted by Gasteiger charge is -2.31. The highest BCUT2D eigenvalue weighted by molar-refractivity contribution is 5.46. The van der Waals surface area contributed by atoms with Crippen molar-refractivity contribution in [2.45, 2.75) is 45.1 Å². The first kappa shape index (κ1) is 11.5. The van der Waals surface area contributed by atoms with Gasteiger partial charge in [0.2, 0.25) is 0 Å². The van der Waals surface area contributed by atoms with Gasteiger partial charge in [-0.25, -0.2) is 9.50 Å². The molecule has 96 valence electrons. The van der Waals surface area contributed by atoms with E-state index in [0.29, 0.717) is 6.04 Å². The Hall–Kier alpha value is -1.58. The molecule has 0 spiro atoms. The van der Waals surface area contributed by atoms with Crippen molar-refractivity contribution in [1.29, 1.82) is 0 Å². The number of aromatic nitrogens is 3. The normalized spacial score (nSPS) is 24.3. The van der Waals surface area contributed by atoms with Gasteiger partial charge in [-0.1, -0.05) is 26.2 Å². The maximum Gasteiger partial charge on any atom is 0.157 e. The van der Waals surface area contributed by atoms with Crippen LogP contribution in [0, 0.1) is 5.92 Å². The summed E-state index contributed by atoms with van der Waals surface area (Å²) in [6, 6.07) is 4.53. The quantitative estimate of drug-likeness (QED) is 0.902. The molecular formula is C14H20N4. The minimum atomic E-state index is 0.585. The Morgan fingerprint density at radius 1 is 1.33 bits per heavy atom. The highest BCUT2D eigenvalue weighted by Crippen LogP contribution is 2.28. The fourth-order valence-electron chi connectivity index (χ4n) is 2.97. The zero-order valence-electron chi connectivity index (χ0n) is 10.8. The van der Waals surface area contributed by atoms with E-state index in [1.807, 2.05) is 18.3 Å². The molecular weight excluding hydrogens is 224 g/mol. The largest absolute Gasteiger partial charge is 0.367 e. The van der Waals surface area contributed by atoms with Crippen molar-refractivity contribution in [3.05, 3.63) is 24.5 Å². The molecule has 1 fully saturated rings. The molecule has 4 heteroatoms. The van der Waals surface area contributed by atoms with E-state index >= 15 is 0 Å². The molecule has 2 unspecified atom stereocenters. The van der Waals surface area contributed by atoms with Crippen LogP contribution in [0.25, 0.3) is 5.65 Å². The van der Waals surface area contributed by atoms with Gasteiger partial charge >= 0.3 is 0 Å². The van der Waals surface area contributed by atoms with Gasteiger partial charge in [-0.2, -0.15) is 5.10 Å². The summed E-state index contributed by atoms with van der Waals surface area (Å²) >= 11 is 0. The van der Waals surface area contributed by atoms with Crippen LogP contribution in [0.4, 0.5) is 5.82 Å². The van der Waals surface area contributed by atoms with Crippen molar-refractivity contribution >= 4 is 11.5 Å². The van der Waals surface area contributed by atoms with Crippen molar-refractivity contribution < 1.29 is 0 Å². The van der Waals surface area contributed by atoms with Gasteiger partial charge in [0.05, 0.1) is 6.20 Å². The summed E-state index contributed by atoms with van der Waals surface area (Å²) in [5, 5.41) is 7.78. The minimum Gasteiger partial charge on any atom is -0.367 e. The van der Waals surface area contributed by atoms with Crippen molar-refractivity contribution in [3.63, 3.8) is 0 Å². The lowest BCUT2D eigenvalue weighted by Crippen LogP contribution is -2.32. The SMILES string of the molecule is CCC1CCCCC1Nc1ccn2nccc2n1. The summed E-state index contributed by atoms with van der Waals surface area (Å²) in [6.07, 6.45) is 10.3. The van der Waals surface area contributed by atoms with Crippen LogP contribution in [0.15, 0.2) is 24.5 Å². The molecule has 2 heterocycles. The monoisotopic (exact) mass is 244 g/mol. The number of hydrogen-bond acceptors (Lipinski definition) is 3. The third kappa shape index (κ3) is 2.19. The highest BCUT2D eigenvalue weighted by Gasteiger charge is 2.23. The first-order valence-corrected chi connectivity index (χ1v) is 6.94. The summed E-state index contributed by atoms with van der Waals surface area (Å²) in [7, 11) is 0. The Labute approximate surface area is 107 Å². The standard InChI is InChI=1S/C14H20N4/c1-2-11-5-3-4-6-12(11)16-13-8-10-18-14(17-13)7-9-15-18/h7-12H,2-6H2,1H3,(H,16,17). The van der Waals surface area contributed by atoms with Gasteiger partial charge in [-0.3, -0.25) is 0 Å². The van der Waals surface area contributed by atoms with Crippen LogP contribution in [-0.4, -0.2) is 20.6 Å². The van der Waals surface area contributed by atoms with Crippen LogP contribution in [0.2, 0.25) is 0 Å². The van der Waals surface area contributed by atoms with Crippen LogP contribution in [0.1, 0.15) is 39.0 Å². The zero-order chi connectivity index (χ0) is 12.4. The zero-order valence-corrected chi connectivity index (χ0v) is 10.8. The van der Waals surface area contributed by atoms with Crippen molar-refractivity contribution in [2.75, 3.05) is 5.32 Å². The van der Waals surface area contributed by atoms with Crippen LogP contribution >= 0.6 is 0 Å². The van der Waals surface area contributed by atoms with E-state index in [1.54, 1.807) is 10.7 Å². The summed E-state index contributed by atoms with van der Waals surface area (Å²) in [5.41, 5.74) is 0.906. The van der Waals surface area contributed by atoms with Gasteiger partial charge in [0.1, 0.15) is 5.82 Å². The molecule has 2 aromatic heterocycles. The van der Waals surface area contributed by atoms with Crippen molar-refractivity contribution in [1.82, 2.24) is 14.6 Å². The first-order chi connectivity index (χ1) is 8.86. The molecule has 2 aromatic rings. The molecule has 1 aliphatic carbocycles. The first-order valence-electron chi connectivity index (χ1n) is 6.94. The van der Waals surface area contributed by atoms with Crippen LogP contribution in [0.3, 0.4) is 0 Å². The molecule has 18 heavy (non-hydrogen) atoms. The second kappa shape index (κ2) is 4.96. The van der Waals surface area contributed by atoms with Crippen molar-refractivity contribution in [2.24, 2.45) is 5.92 Å². The van der Waals surface area contributed by atoms with Gasteiger partial charge in [-0.15, -0.1) is 0 Å². The van der Waals surface area contributed by atoms with Crippen molar-refractivity contribution in [3.8, 4) is 0 Å². The molecule has 4 nitrogen and oxygen atoms in total. The molecule has 2 atom stereocenters. The topological polar surface area (TPSA) is 42.2 Å². The molecule has 0 aliphatic heterocycles. The van der Waals surface area contributed by atoms with E-state index in [2.05, 4.69) is 22.3 Å². The number of nitrogens with one attached hydrogen (secondary N) is 1. The summed E-state index contributed by atoms with van der Waals surface area (Å²) in [6.45, 7) is 2.29. The molecule has 0 bridgehead atoms. The van der Waals surface area contributed by atoms with E-state index in [9.17, 15) is 0 Å². The molecule has 0 radical (unpaired) electrons. The van der Waals surface area contributed by atoms with Crippen LogP contribution in [-0.2, 0) is 0 Å². The fourth-order valence-corrected chi connectivity index (χ4v) is 2.97. The Morgan fingerprint density at radius 2 is 2.22 bits per heavy atom. The summed E-state index contributed by atoms with van der Waals surface area (Å²) in [4.78, 5) is 4.59. The van der Waals surface area contributed by atoms with E-state index in [1.165, 1.54) is 32.1 Å². The fraction of sp³-hybridized carbons (Fsp3) is 0.571. The number of hydrogen-bond donors (Lipinski definition) is 1. The Kier molecular flexibility index (Phi) is 3.17. The number of anilines is 1. The average molecular weight is 244 g/mol. The highest BCUT2D eigenvalue weighted by atomic mass is 15.2. The second-order valence-electron chi connectivity index (χ2n) is 5.15. The lowest BCUT2D eigenvalue weighted by molar-refractivity contribution is 0.317. The van der Waals surface area contributed by atoms with E-state index in [4.69, 9.17) is 0 Å². The lowest BCUT2D eigenvalue weighted by atomic mass is 9.83. The molecule has 1 saturated carbocycles. The predicted octanol–water partition coefficient (Wildman–Crippen LogP) is 3.11. The number of rotatable bonds is 3. The third-order valence-corrected chi connectivity index (χ3v) is 4.02. The molecule has 0 saturated heterocycles. The smallest absolute Gasteiger partial charge is 0.157 e. The Balaban J connectivity index is 1.77. The predicted molar refractivity (Wildman–Crippen MR) is 72.6 cm³/mol. The molecule has 3 rings (SSSR count). The van der Waals surface area contributed by atoms with Crippen LogP contribution in [0.5, 0.6) is 0 Å². The Morgan fingerprint density at radius 3 is 3.11 bits per heavy atom. The van der Waals surface area contributed by atoms with Gasteiger partial charge in [0.25, 0.3) is 0 Å². The van der Waals surface area contributed by atoms with Crippen LogP contribution < -0.4 is 5.32 Å². The van der Waals surface area contributed by atoms with Gasteiger partial charge in [-0.05, 0) is 24.8 Å². The molecule has 0 aromatic carbocycles.